The number of rotatable bonds is 7. The van der Waals surface area contributed by atoms with E-state index in [1.54, 1.807) is 7.05 Å². The molecule has 1 rings (SSSR count). The molecule has 0 aliphatic heterocycles. The fourth-order valence-corrected chi connectivity index (χ4v) is 1.77. The van der Waals surface area contributed by atoms with Gasteiger partial charge in [0.2, 0.25) is 11.7 Å². The molecule has 0 unspecified atom stereocenters. The van der Waals surface area contributed by atoms with E-state index < -0.39 is 4.92 Å². The fourth-order valence-electron chi connectivity index (χ4n) is 1.77. The van der Waals surface area contributed by atoms with Gasteiger partial charge in [-0.1, -0.05) is 20.8 Å². The summed E-state index contributed by atoms with van der Waals surface area (Å²) in [5.41, 5.74) is 0.455. The van der Waals surface area contributed by atoms with Crippen LogP contribution in [0.25, 0.3) is 0 Å². The highest BCUT2D eigenvalue weighted by molar-refractivity contribution is 5.77. The van der Waals surface area contributed by atoms with E-state index in [1.807, 2.05) is 20.8 Å². The Labute approximate surface area is 117 Å². The van der Waals surface area contributed by atoms with Gasteiger partial charge < -0.3 is 10.6 Å². The summed E-state index contributed by atoms with van der Waals surface area (Å²) >= 11 is 0. The summed E-state index contributed by atoms with van der Waals surface area (Å²) in [7, 11) is 1.65. The van der Waals surface area contributed by atoms with Gasteiger partial charge in [0.1, 0.15) is 5.69 Å². The van der Waals surface area contributed by atoms with Crippen molar-refractivity contribution in [3.05, 3.63) is 15.8 Å². The summed E-state index contributed by atoms with van der Waals surface area (Å²) in [5, 5.41) is 20.9. The van der Waals surface area contributed by atoms with Crippen LogP contribution in [0.1, 0.15) is 26.5 Å². The highest BCUT2D eigenvalue weighted by Crippen LogP contribution is 2.27. The van der Waals surface area contributed by atoms with Crippen molar-refractivity contribution >= 4 is 17.4 Å². The fraction of sp³-hybridized carbons (Fsp3) is 0.667. The number of nitrogens with zero attached hydrogens (tertiary/aromatic N) is 3. The lowest BCUT2D eigenvalue weighted by molar-refractivity contribution is -0.384. The van der Waals surface area contributed by atoms with Gasteiger partial charge in [0.05, 0.1) is 4.92 Å². The van der Waals surface area contributed by atoms with E-state index in [9.17, 15) is 14.9 Å². The van der Waals surface area contributed by atoms with Crippen LogP contribution in [0.2, 0.25) is 0 Å². The first-order valence-electron chi connectivity index (χ1n) is 6.60. The smallest absolute Gasteiger partial charge is 0.333 e. The van der Waals surface area contributed by atoms with E-state index in [4.69, 9.17) is 0 Å². The Morgan fingerprint density at radius 2 is 2.10 bits per heavy atom. The Hall–Kier alpha value is -2.12. The van der Waals surface area contributed by atoms with Gasteiger partial charge in [0, 0.05) is 26.1 Å². The lowest BCUT2D eigenvalue weighted by Gasteiger charge is -2.09. The molecule has 1 amide bonds. The normalized spacial score (nSPS) is 10.7. The largest absolute Gasteiger partial charge is 0.363 e. The molecule has 0 aliphatic rings. The highest BCUT2D eigenvalue weighted by atomic mass is 16.6. The van der Waals surface area contributed by atoms with Crippen LogP contribution in [0.15, 0.2) is 0 Å². The van der Waals surface area contributed by atoms with E-state index in [1.165, 1.54) is 4.68 Å². The van der Waals surface area contributed by atoms with Crippen LogP contribution < -0.4 is 10.6 Å². The molecule has 1 aromatic rings. The third-order valence-corrected chi connectivity index (χ3v) is 2.85. The molecule has 8 heteroatoms. The first-order valence-corrected chi connectivity index (χ1v) is 6.60. The van der Waals surface area contributed by atoms with Gasteiger partial charge in [-0.25, -0.2) is 4.68 Å². The molecule has 0 fully saturated rings. The number of nitro groups is 1. The summed E-state index contributed by atoms with van der Waals surface area (Å²) in [6.07, 6.45) is 0.496. The van der Waals surface area contributed by atoms with E-state index in [-0.39, 0.29) is 17.5 Å². The molecule has 0 radical (unpaired) electrons. The Morgan fingerprint density at radius 3 is 2.60 bits per heavy atom. The molecular weight excluding hydrogens is 262 g/mol. The number of amides is 1. The third-order valence-electron chi connectivity index (χ3n) is 2.85. The van der Waals surface area contributed by atoms with Gasteiger partial charge in [-0.15, -0.1) is 0 Å². The molecule has 1 aromatic heterocycles. The maximum Gasteiger partial charge on any atom is 0.333 e. The van der Waals surface area contributed by atoms with Crippen molar-refractivity contribution in [3.8, 4) is 0 Å². The zero-order valence-electron chi connectivity index (χ0n) is 12.3. The van der Waals surface area contributed by atoms with Crippen molar-refractivity contribution < 1.29 is 9.72 Å². The average Bonchev–Trinajstić information content (AvgIpc) is 2.70. The quantitative estimate of drug-likeness (QED) is 0.443. The van der Waals surface area contributed by atoms with Crippen LogP contribution >= 0.6 is 0 Å². The van der Waals surface area contributed by atoms with E-state index in [0.29, 0.717) is 31.0 Å². The summed E-state index contributed by atoms with van der Waals surface area (Å²) < 4.78 is 1.46. The predicted molar refractivity (Wildman–Crippen MR) is 75.6 cm³/mol. The van der Waals surface area contributed by atoms with E-state index in [2.05, 4.69) is 15.7 Å². The van der Waals surface area contributed by atoms with Crippen molar-refractivity contribution in [2.24, 2.45) is 13.0 Å². The van der Waals surface area contributed by atoms with E-state index in [0.717, 1.165) is 0 Å². The molecule has 0 aliphatic carbocycles. The SMILES string of the molecule is CCc1nn(C)c(NCCNC(=O)C(C)C)c1[N+](=O)[O-]. The Balaban J connectivity index is 2.66. The van der Waals surface area contributed by atoms with Gasteiger partial charge in [-0.2, -0.15) is 5.10 Å². The number of carbonyl (C=O) groups excluding carboxylic acids is 1. The van der Waals surface area contributed by atoms with Crippen LogP contribution in [0, 0.1) is 16.0 Å². The monoisotopic (exact) mass is 283 g/mol. The molecule has 8 nitrogen and oxygen atoms in total. The molecule has 2 N–H and O–H groups in total. The molecule has 112 valence electrons. The van der Waals surface area contributed by atoms with Gasteiger partial charge in [-0.3, -0.25) is 14.9 Å². The summed E-state index contributed by atoms with van der Waals surface area (Å²) in [6.45, 7) is 6.25. The summed E-state index contributed by atoms with van der Waals surface area (Å²) in [5.74, 6) is 0.249. The number of hydrogen-bond acceptors (Lipinski definition) is 5. The Kier molecular flexibility index (Phi) is 5.48. The molecule has 0 aromatic carbocycles. The molecular formula is C12H21N5O3. The number of aryl methyl sites for hydroxylation is 2. The molecule has 0 spiro atoms. The zero-order chi connectivity index (χ0) is 15.3. The first-order chi connectivity index (χ1) is 9.38. The van der Waals surface area contributed by atoms with Crippen LogP contribution in [0.3, 0.4) is 0 Å². The average molecular weight is 283 g/mol. The summed E-state index contributed by atoms with van der Waals surface area (Å²) in [6, 6.07) is 0. The summed E-state index contributed by atoms with van der Waals surface area (Å²) in [4.78, 5) is 22.0. The van der Waals surface area contributed by atoms with Crippen molar-refractivity contribution in [1.29, 1.82) is 0 Å². The molecule has 0 bridgehead atoms. The number of hydrogen-bond donors (Lipinski definition) is 2. The lowest BCUT2D eigenvalue weighted by atomic mass is 10.2. The standard InChI is InChI=1S/C12H21N5O3/c1-5-9-10(17(19)20)11(16(4)15-9)13-6-7-14-12(18)8(2)3/h8,13H,5-7H2,1-4H3,(H,14,18). The molecule has 20 heavy (non-hydrogen) atoms. The minimum absolute atomic E-state index is 0.00480. The van der Waals surface area contributed by atoms with Crippen LogP contribution in [-0.2, 0) is 18.3 Å². The van der Waals surface area contributed by atoms with Crippen molar-refractivity contribution in [2.45, 2.75) is 27.2 Å². The number of anilines is 1. The minimum atomic E-state index is -0.430. The third kappa shape index (κ3) is 3.69. The second kappa shape index (κ2) is 6.88. The lowest BCUT2D eigenvalue weighted by Crippen LogP contribution is -2.32. The van der Waals surface area contributed by atoms with Crippen LogP contribution in [0.4, 0.5) is 11.5 Å². The second-order valence-corrected chi connectivity index (χ2v) is 4.75. The molecule has 1 heterocycles. The Bertz CT molecular complexity index is 496. The highest BCUT2D eigenvalue weighted by Gasteiger charge is 2.25. The molecule has 0 saturated carbocycles. The van der Waals surface area contributed by atoms with Crippen molar-refractivity contribution in [2.75, 3.05) is 18.4 Å². The number of carbonyl (C=O) groups is 1. The number of aromatic nitrogens is 2. The zero-order valence-corrected chi connectivity index (χ0v) is 12.3. The number of nitrogens with one attached hydrogen (secondary N) is 2. The van der Waals surface area contributed by atoms with Gasteiger partial charge >= 0.3 is 5.69 Å². The molecule has 0 saturated heterocycles. The second-order valence-electron chi connectivity index (χ2n) is 4.75. The van der Waals surface area contributed by atoms with Crippen molar-refractivity contribution in [3.63, 3.8) is 0 Å². The van der Waals surface area contributed by atoms with Gasteiger partial charge in [0.15, 0.2) is 0 Å². The van der Waals surface area contributed by atoms with E-state index >= 15 is 0 Å². The maximum absolute atomic E-state index is 11.4. The topological polar surface area (TPSA) is 102 Å². The van der Waals surface area contributed by atoms with Gasteiger partial charge in [-0.05, 0) is 6.42 Å². The van der Waals surface area contributed by atoms with Crippen LogP contribution in [0.5, 0.6) is 0 Å². The van der Waals surface area contributed by atoms with Crippen molar-refractivity contribution in [1.82, 2.24) is 15.1 Å². The minimum Gasteiger partial charge on any atom is -0.363 e. The Morgan fingerprint density at radius 1 is 1.45 bits per heavy atom. The first kappa shape index (κ1) is 15.9. The predicted octanol–water partition coefficient (Wildman–Crippen LogP) is 1.07. The van der Waals surface area contributed by atoms with Crippen LogP contribution in [-0.4, -0.2) is 33.7 Å². The van der Waals surface area contributed by atoms with Gasteiger partial charge in [0.25, 0.3) is 0 Å². The molecule has 0 atom stereocenters. The maximum atomic E-state index is 11.4.